The van der Waals surface area contributed by atoms with Crippen molar-refractivity contribution in [2.45, 2.75) is 13.0 Å². The number of nitrogens with one attached hydrogen (secondary N) is 1. The number of nitrogens with two attached hydrogens (primary N) is 1. The van der Waals surface area contributed by atoms with Gasteiger partial charge in [-0.05, 0) is 19.1 Å². The molecule has 0 aromatic heterocycles. The second-order valence-electron chi connectivity index (χ2n) is 4.66. The van der Waals surface area contributed by atoms with Crippen molar-refractivity contribution < 1.29 is 19.1 Å². The molecule has 1 aromatic rings. The minimum atomic E-state index is -0.774. The van der Waals surface area contributed by atoms with Gasteiger partial charge in [0.05, 0.1) is 25.9 Å². The molecule has 1 rings (SSSR count). The van der Waals surface area contributed by atoms with Crippen molar-refractivity contribution >= 4 is 29.9 Å². The second kappa shape index (κ2) is 10.8. The minimum absolute atomic E-state index is 0. The number of halogens is 1. The SMILES string of the molecule is CCN(CC(=O)Nc1ccccc1OC)C(=O)C(N)COC.Cl. The highest BCUT2D eigenvalue weighted by Crippen LogP contribution is 2.22. The number of hydrogen-bond acceptors (Lipinski definition) is 5. The van der Waals surface area contributed by atoms with E-state index in [1.54, 1.807) is 31.2 Å². The van der Waals surface area contributed by atoms with Gasteiger partial charge in [0.2, 0.25) is 11.8 Å². The van der Waals surface area contributed by atoms with Gasteiger partial charge in [-0.1, -0.05) is 12.1 Å². The molecule has 0 saturated carbocycles. The van der Waals surface area contributed by atoms with E-state index in [1.165, 1.54) is 19.1 Å². The number of methoxy groups -OCH3 is 2. The first-order valence-corrected chi connectivity index (χ1v) is 6.99. The zero-order chi connectivity index (χ0) is 16.5. The van der Waals surface area contributed by atoms with E-state index in [1.807, 2.05) is 0 Å². The fraction of sp³-hybridized carbons (Fsp3) is 0.467. The molecule has 0 bridgehead atoms. The topological polar surface area (TPSA) is 93.9 Å². The largest absolute Gasteiger partial charge is 0.495 e. The molecule has 0 radical (unpaired) electrons. The summed E-state index contributed by atoms with van der Waals surface area (Å²) < 4.78 is 10.0. The second-order valence-corrected chi connectivity index (χ2v) is 4.66. The normalized spacial score (nSPS) is 11.1. The van der Waals surface area contributed by atoms with E-state index in [-0.39, 0.29) is 37.4 Å². The molecule has 0 saturated heterocycles. The number of para-hydroxylation sites is 2. The van der Waals surface area contributed by atoms with Crippen LogP contribution in [0.3, 0.4) is 0 Å². The zero-order valence-electron chi connectivity index (χ0n) is 13.6. The van der Waals surface area contributed by atoms with E-state index in [0.29, 0.717) is 18.0 Å². The summed E-state index contributed by atoms with van der Waals surface area (Å²) in [6, 6.07) is 6.29. The molecule has 0 aliphatic carbocycles. The highest BCUT2D eigenvalue weighted by atomic mass is 35.5. The lowest BCUT2D eigenvalue weighted by Gasteiger charge is -2.23. The predicted molar refractivity (Wildman–Crippen MR) is 91.0 cm³/mol. The third-order valence-corrected chi connectivity index (χ3v) is 3.07. The van der Waals surface area contributed by atoms with Crippen LogP contribution in [-0.4, -0.2) is 56.7 Å². The van der Waals surface area contributed by atoms with Crippen molar-refractivity contribution in [2.75, 3.05) is 39.2 Å². The molecule has 1 aromatic carbocycles. The molecule has 23 heavy (non-hydrogen) atoms. The predicted octanol–water partition coefficient (Wildman–Crippen LogP) is 0.878. The fourth-order valence-electron chi connectivity index (χ4n) is 1.94. The number of likely N-dealkylation sites (N-methyl/N-ethyl adjacent to an activating group) is 1. The lowest BCUT2D eigenvalue weighted by atomic mass is 10.2. The maximum Gasteiger partial charge on any atom is 0.244 e. The summed E-state index contributed by atoms with van der Waals surface area (Å²) in [6.07, 6.45) is 0. The van der Waals surface area contributed by atoms with Crippen molar-refractivity contribution in [1.29, 1.82) is 0 Å². The highest BCUT2D eigenvalue weighted by molar-refractivity contribution is 5.96. The van der Waals surface area contributed by atoms with Crippen LogP contribution < -0.4 is 15.8 Å². The van der Waals surface area contributed by atoms with E-state index in [4.69, 9.17) is 15.2 Å². The number of carbonyl (C=O) groups excluding carboxylic acids is 2. The molecular weight excluding hydrogens is 322 g/mol. The van der Waals surface area contributed by atoms with Crippen LogP contribution in [0.25, 0.3) is 0 Å². The molecule has 2 amide bonds. The van der Waals surface area contributed by atoms with Gasteiger partial charge in [0.25, 0.3) is 0 Å². The van der Waals surface area contributed by atoms with Crippen molar-refractivity contribution in [1.82, 2.24) is 4.90 Å². The maximum absolute atomic E-state index is 12.1. The summed E-state index contributed by atoms with van der Waals surface area (Å²) in [6.45, 7) is 2.21. The van der Waals surface area contributed by atoms with Crippen LogP contribution in [0.4, 0.5) is 5.69 Å². The summed E-state index contributed by atoms with van der Waals surface area (Å²) in [4.78, 5) is 25.6. The van der Waals surface area contributed by atoms with Crippen LogP contribution in [0.5, 0.6) is 5.75 Å². The van der Waals surface area contributed by atoms with Crippen LogP contribution in [0.15, 0.2) is 24.3 Å². The average molecular weight is 346 g/mol. The van der Waals surface area contributed by atoms with Crippen molar-refractivity contribution in [3.05, 3.63) is 24.3 Å². The van der Waals surface area contributed by atoms with Gasteiger partial charge in [-0.2, -0.15) is 0 Å². The number of amides is 2. The Morgan fingerprint density at radius 2 is 1.96 bits per heavy atom. The van der Waals surface area contributed by atoms with Crippen molar-refractivity contribution in [3.8, 4) is 5.75 Å². The first-order chi connectivity index (χ1) is 10.5. The zero-order valence-corrected chi connectivity index (χ0v) is 14.4. The standard InChI is InChI=1S/C15H23N3O4.ClH/c1-4-18(15(20)11(16)10-21-2)9-14(19)17-12-7-5-6-8-13(12)22-3;/h5-8,11H,4,9-10,16H2,1-3H3,(H,17,19);1H. The Morgan fingerprint density at radius 3 is 2.52 bits per heavy atom. The van der Waals surface area contributed by atoms with Crippen molar-refractivity contribution in [3.63, 3.8) is 0 Å². The molecule has 0 heterocycles. The number of nitrogens with zero attached hydrogens (tertiary/aromatic N) is 1. The molecule has 1 atom stereocenters. The average Bonchev–Trinajstić information content (AvgIpc) is 2.52. The molecular formula is C15H24ClN3O4. The Labute approximate surface area is 142 Å². The van der Waals surface area contributed by atoms with Gasteiger partial charge in [0.1, 0.15) is 11.8 Å². The first-order valence-electron chi connectivity index (χ1n) is 6.99. The summed E-state index contributed by atoms with van der Waals surface area (Å²) in [5.41, 5.74) is 6.27. The van der Waals surface area contributed by atoms with Gasteiger partial charge in [-0.3, -0.25) is 9.59 Å². The van der Waals surface area contributed by atoms with Gasteiger partial charge in [0, 0.05) is 13.7 Å². The molecule has 0 aliphatic heterocycles. The Balaban J connectivity index is 0.00000484. The Kier molecular flexibility index (Phi) is 9.96. The monoisotopic (exact) mass is 345 g/mol. The van der Waals surface area contributed by atoms with Crippen LogP contribution in [0.1, 0.15) is 6.92 Å². The smallest absolute Gasteiger partial charge is 0.244 e. The number of ether oxygens (including phenoxy) is 2. The van der Waals surface area contributed by atoms with Crippen LogP contribution in [0.2, 0.25) is 0 Å². The van der Waals surface area contributed by atoms with E-state index in [9.17, 15) is 9.59 Å². The summed E-state index contributed by atoms with van der Waals surface area (Å²) in [5.74, 6) is -0.0786. The van der Waals surface area contributed by atoms with Gasteiger partial charge in [-0.25, -0.2) is 0 Å². The summed E-state index contributed by atoms with van der Waals surface area (Å²) >= 11 is 0. The minimum Gasteiger partial charge on any atom is -0.495 e. The van der Waals surface area contributed by atoms with E-state index in [0.717, 1.165) is 0 Å². The molecule has 3 N–H and O–H groups in total. The molecule has 7 nitrogen and oxygen atoms in total. The molecule has 130 valence electrons. The highest BCUT2D eigenvalue weighted by Gasteiger charge is 2.22. The Morgan fingerprint density at radius 1 is 1.30 bits per heavy atom. The third kappa shape index (κ3) is 6.43. The lowest BCUT2D eigenvalue weighted by molar-refractivity contribution is -0.136. The molecule has 0 aliphatic rings. The van der Waals surface area contributed by atoms with Gasteiger partial charge in [-0.15, -0.1) is 12.4 Å². The molecule has 0 fully saturated rings. The number of benzene rings is 1. The molecule has 8 heteroatoms. The first kappa shape index (κ1) is 21.2. The quantitative estimate of drug-likeness (QED) is 0.729. The van der Waals surface area contributed by atoms with E-state index < -0.39 is 6.04 Å². The Hall–Kier alpha value is -1.83. The number of hydrogen-bond donors (Lipinski definition) is 2. The van der Waals surface area contributed by atoms with E-state index >= 15 is 0 Å². The van der Waals surface area contributed by atoms with Gasteiger partial charge in [0.15, 0.2) is 0 Å². The van der Waals surface area contributed by atoms with Gasteiger partial charge < -0.3 is 25.4 Å². The fourth-order valence-corrected chi connectivity index (χ4v) is 1.94. The molecule has 1 unspecified atom stereocenters. The number of rotatable bonds is 8. The lowest BCUT2D eigenvalue weighted by Crippen LogP contribution is -2.48. The van der Waals surface area contributed by atoms with Crippen LogP contribution in [0, 0.1) is 0 Å². The van der Waals surface area contributed by atoms with Crippen LogP contribution in [-0.2, 0) is 14.3 Å². The number of anilines is 1. The van der Waals surface area contributed by atoms with Gasteiger partial charge >= 0.3 is 0 Å². The number of carbonyl (C=O) groups is 2. The maximum atomic E-state index is 12.1. The summed E-state index contributed by atoms with van der Waals surface area (Å²) in [5, 5.41) is 2.72. The Bertz CT molecular complexity index is 513. The van der Waals surface area contributed by atoms with Crippen LogP contribution >= 0.6 is 12.4 Å². The third-order valence-electron chi connectivity index (χ3n) is 3.07. The summed E-state index contributed by atoms with van der Waals surface area (Å²) in [7, 11) is 2.99. The van der Waals surface area contributed by atoms with E-state index in [2.05, 4.69) is 5.32 Å². The molecule has 0 spiro atoms. The van der Waals surface area contributed by atoms with Crippen molar-refractivity contribution in [2.24, 2.45) is 5.73 Å².